The first kappa shape index (κ1) is 14.1. The maximum absolute atomic E-state index is 12.0. The Kier molecular flexibility index (Phi) is 5.00. The Morgan fingerprint density at radius 2 is 1.95 bits per heavy atom. The van der Waals surface area contributed by atoms with Crippen molar-refractivity contribution in [3.05, 3.63) is 35.9 Å². The highest BCUT2D eigenvalue weighted by Gasteiger charge is 2.33. The number of carbonyl (C=O) groups excluding carboxylic acids is 1. The van der Waals surface area contributed by atoms with Crippen molar-refractivity contribution in [2.45, 2.75) is 45.4 Å². The molecule has 0 aliphatic heterocycles. The van der Waals surface area contributed by atoms with E-state index in [0.717, 1.165) is 18.9 Å². The van der Waals surface area contributed by atoms with Crippen LogP contribution in [0.4, 0.5) is 0 Å². The Hall–Kier alpha value is -1.31. The van der Waals surface area contributed by atoms with Gasteiger partial charge >= 0.3 is 0 Å². The van der Waals surface area contributed by atoms with E-state index < -0.39 is 0 Å². The largest absolute Gasteiger partial charge is 0.356 e. The molecule has 2 heteroatoms. The van der Waals surface area contributed by atoms with Gasteiger partial charge in [-0.2, -0.15) is 0 Å². The van der Waals surface area contributed by atoms with Crippen molar-refractivity contribution in [1.29, 1.82) is 0 Å². The summed E-state index contributed by atoms with van der Waals surface area (Å²) in [7, 11) is 0. The second-order valence-corrected chi connectivity index (χ2v) is 6.09. The Labute approximate surface area is 116 Å². The summed E-state index contributed by atoms with van der Waals surface area (Å²) >= 11 is 0. The maximum Gasteiger partial charge on any atom is 0.220 e. The highest BCUT2D eigenvalue weighted by atomic mass is 16.1. The topological polar surface area (TPSA) is 29.1 Å². The van der Waals surface area contributed by atoms with Crippen LogP contribution in [-0.2, 0) is 4.79 Å². The molecule has 1 aromatic carbocycles. The SMILES string of the molecule is CC(C)CCNC(=O)CC(c1ccccc1)C1CC1. The van der Waals surface area contributed by atoms with Crippen LogP contribution in [-0.4, -0.2) is 12.5 Å². The van der Waals surface area contributed by atoms with Crippen LogP contribution in [0.3, 0.4) is 0 Å². The van der Waals surface area contributed by atoms with E-state index in [9.17, 15) is 4.79 Å². The molecule has 1 saturated carbocycles. The summed E-state index contributed by atoms with van der Waals surface area (Å²) in [5, 5.41) is 3.06. The average molecular weight is 259 g/mol. The molecule has 1 N–H and O–H groups in total. The van der Waals surface area contributed by atoms with Crippen LogP contribution in [0.1, 0.15) is 51.0 Å². The second-order valence-electron chi connectivity index (χ2n) is 6.09. The van der Waals surface area contributed by atoms with Crippen molar-refractivity contribution in [3.8, 4) is 0 Å². The molecule has 0 bridgehead atoms. The van der Waals surface area contributed by atoms with E-state index in [2.05, 4.69) is 43.4 Å². The first-order valence-corrected chi connectivity index (χ1v) is 7.48. The van der Waals surface area contributed by atoms with Gasteiger partial charge in [-0.1, -0.05) is 44.2 Å². The smallest absolute Gasteiger partial charge is 0.220 e. The van der Waals surface area contributed by atoms with Gasteiger partial charge in [0.1, 0.15) is 0 Å². The van der Waals surface area contributed by atoms with Crippen LogP contribution in [0.2, 0.25) is 0 Å². The quantitative estimate of drug-likeness (QED) is 0.794. The van der Waals surface area contributed by atoms with Crippen molar-refractivity contribution < 1.29 is 4.79 Å². The molecule has 1 aliphatic carbocycles. The van der Waals surface area contributed by atoms with E-state index in [4.69, 9.17) is 0 Å². The van der Waals surface area contributed by atoms with E-state index in [1.54, 1.807) is 0 Å². The number of carbonyl (C=O) groups is 1. The summed E-state index contributed by atoms with van der Waals surface area (Å²) < 4.78 is 0. The summed E-state index contributed by atoms with van der Waals surface area (Å²) in [5.74, 6) is 1.99. The second kappa shape index (κ2) is 6.74. The molecule has 1 unspecified atom stereocenters. The van der Waals surface area contributed by atoms with Crippen LogP contribution in [0.5, 0.6) is 0 Å². The van der Waals surface area contributed by atoms with Gasteiger partial charge in [0.15, 0.2) is 0 Å². The lowest BCUT2D eigenvalue weighted by molar-refractivity contribution is -0.121. The first-order valence-electron chi connectivity index (χ1n) is 7.48. The molecule has 1 aliphatic rings. The standard InChI is InChI=1S/C17H25NO/c1-13(2)10-11-18-17(19)12-16(15-8-9-15)14-6-4-3-5-7-14/h3-7,13,15-16H,8-12H2,1-2H3,(H,18,19). The van der Waals surface area contributed by atoms with Crippen LogP contribution in [0.15, 0.2) is 30.3 Å². The van der Waals surface area contributed by atoms with Crippen molar-refractivity contribution in [2.75, 3.05) is 6.54 Å². The van der Waals surface area contributed by atoms with Gasteiger partial charge in [0, 0.05) is 13.0 Å². The number of hydrogen-bond donors (Lipinski definition) is 1. The molecular formula is C17H25NO. The Bertz CT molecular complexity index is 395. The number of hydrogen-bond acceptors (Lipinski definition) is 1. The molecule has 1 fully saturated rings. The Balaban J connectivity index is 1.85. The zero-order chi connectivity index (χ0) is 13.7. The van der Waals surface area contributed by atoms with Crippen molar-refractivity contribution in [3.63, 3.8) is 0 Å². The van der Waals surface area contributed by atoms with Crippen LogP contribution in [0.25, 0.3) is 0 Å². The van der Waals surface area contributed by atoms with Gasteiger partial charge in [-0.05, 0) is 42.6 Å². The van der Waals surface area contributed by atoms with Crippen molar-refractivity contribution >= 4 is 5.91 Å². The fraction of sp³-hybridized carbons (Fsp3) is 0.588. The van der Waals surface area contributed by atoms with E-state index >= 15 is 0 Å². The zero-order valence-corrected chi connectivity index (χ0v) is 12.1. The van der Waals surface area contributed by atoms with Crippen LogP contribution in [0, 0.1) is 11.8 Å². The van der Waals surface area contributed by atoms with Gasteiger partial charge in [-0.25, -0.2) is 0 Å². The lowest BCUT2D eigenvalue weighted by Gasteiger charge is -2.16. The van der Waals surface area contributed by atoms with Crippen LogP contribution < -0.4 is 5.32 Å². The molecule has 1 aromatic rings. The van der Waals surface area contributed by atoms with E-state index in [1.165, 1.54) is 18.4 Å². The predicted molar refractivity (Wildman–Crippen MR) is 79.0 cm³/mol. The summed E-state index contributed by atoms with van der Waals surface area (Å²) in [6, 6.07) is 10.5. The minimum absolute atomic E-state index is 0.210. The Morgan fingerprint density at radius 3 is 2.53 bits per heavy atom. The summed E-state index contributed by atoms with van der Waals surface area (Å²) in [6.45, 7) is 5.18. The predicted octanol–water partition coefficient (Wildman–Crippen LogP) is 3.73. The molecule has 0 aromatic heterocycles. The molecule has 2 nitrogen and oxygen atoms in total. The highest BCUT2D eigenvalue weighted by Crippen LogP contribution is 2.44. The minimum atomic E-state index is 0.210. The van der Waals surface area contributed by atoms with Gasteiger partial charge in [-0.3, -0.25) is 4.79 Å². The van der Waals surface area contributed by atoms with E-state index in [1.807, 2.05) is 6.07 Å². The summed E-state index contributed by atoms with van der Waals surface area (Å²) in [4.78, 5) is 12.0. The highest BCUT2D eigenvalue weighted by molar-refractivity contribution is 5.77. The monoisotopic (exact) mass is 259 g/mol. The molecule has 2 rings (SSSR count). The van der Waals surface area contributed by atoms with Gasteiger partial charge in [0.25, 0.3) is 0 Å². The fourth-order valence-electron chi connectivity index (χ4n) is 2.53. The van der Waals surface area contributed by atoms with Crippen molar-refractivity contribution in [1.82, 2.24) is 5.32 Å². The average Bonchev–Trinajstić information content (AvgIpc) is 3.21. The molecule has 0 radical (unpaired) electrons. The molecule has 1 atom stereocenters. The first-order chi connectivity index (χ1) is 9.16. The lowest BCUT2D eigenvalue weighted by Crippen LogP contribution is -2.27. The van der Waals surface area contributed by atoms with Gasteiger partial charge in [0.2, 0.25) is 5.91 Å². The normalized spacial score (nSPS) is 16.4. The third kappa shape index (κ3) is 4.70. The zero-order valence-electron chi connectivity index (χ0n) is 12.1. The molecule has 0 spiro atoms. The molecule has 19 heavy (non-hydrogen) atoms. The van der Waals surface area contributed by atoms with Gasteiger partial charge in [-0.15, -0.1) is 0 Å². The Morgan fingerprint density at radius 1 is 1.26 bits per heavy atom. The number of amides is 1. The molecular weight excluding hydrogens is 234 g/mol. The number of nitrogens with one attached hydrogen (secondary N) is 1. The van der Waals surface area contributed by atoms with Gasteiger partial charge in [0.05, 0.1) is 0 Å². The van der Waals surface area contributed by atoms with E-state index in [-0.39, 0.29) is 5.91 Å². The third-order valence-electron chi connectivity index (χ3n) is 3.87. The fourth-order valence-corrected chi connectivity index (χ4v) is 2.53. The number of rotatable bonds is 7. The summed E-state index contributed by atoms with van der Waals surface area (Å²) in [6.07, 6.45) is 4.26. The molecule has 0 saturated heterocycles. The third-order valence-corrected chi connectivity index (χ3v) is 3.87. The van der Waals surface area contributed by atoms with E-state index in [0.29, 0.717) is 18.3 Å². The molecule has 104 valence electrons. The molecule has 1 amide bonds. The van der Waals surface area contributed by atoms with Gasteiger partial charge < -0.3 is 5.32 Å². The summed E-state index contributed by atoms with van der Waals surface area (Å²) in [5.41, 5.74) is 1.32. The minimum Gasteiger partial charge on any atom is -0.356 e. The molecule has 0 heterocycles. The lowest BCUT2D eigenvalue weighted by atomic mass is 9.91. The van der Waals surface area contributed by atoms with Crippen LogP contribution >= 0.6 is 0 Å². The van der Waals surface area contributed by atoms with Crippen molar-refractivity contribution in [2.24, 2.45) is 11.8 Å². The maximum atomic E-state index is 12.0. The number of benzene rings is 1.